The van der Waals surface area contributed by atoms with Crippen LogP contribution >= 0.6 is 11.6 Å². The normalized spacial score (nSPS) is 10.9. The van der Waals surface area contributed by atoms with Gasteiger partial charge in [-0.15, -0.1) is 11.6 Å². The van der Waals surface area contributed by atoms with E-state index in [9.17, 15) is 4.79 Å². The summed E-state index contributed by atoms with van der Waals surface area (Å²) in [5, 5.41) is 9.33. The Morgan fingerprint density at radius 3 is 3.22 bits per heavy atom. The van der Waals surface area contributed by atoms with Crippen molar-refractivity contribution in [1.82, 2.24) is 19.6 Å². The molecular formula is C10H14ClN5O2. The molecule has 2 heterocycles. The second-order valence-corrected chi connectivity index (χ2v) is 3.99. The highest BCUT2D eigenvalue weighted by Gasteiger charge is 2.01. The van der Waals surface area contributed by atoms with Crippen LogP contribution < -0.4 is 11.0 Å². The fraction of sp³-hybridized carbons (Fsp3) is 0.500. The average molecular weight is 272 g/mol. The number of aromatic nitrogens is 4. The van der Waals surface area contributed by atoms with Gasteiger partial charge in [0.1, 0.15) is 12.1 Å². The molecule has 0 aromatic carbocycles. The zero-order chi connectivity index (χ0) is 12.8. The molecule has 0 amide bonds. The molecule has 0 bridgehead atoms. The number of rotatable bonds is 7. The number of aromatic amines is 1. The van der Waals surface area contributed by atoms with Crippen LogP contribution in [0.25, 0.3) is 5.65 Å². The molecule has 0 spiro atoms. The number of alkyl halides is 1. The maximum atomic E-state index is 11.2. The highest BCUT2D eigenvalue weighted by Crippen LogP contribution is 2.03. The third kappa shape index (κ3) is 3.21. The lowest BCUT2D eigenvalue weighted by Gasteiger charge is -2.05. The van der Waals surface area contributed by atoms with Gasteiger partial charge < -0.3 is 10.1 Å². The molecule has 2 N–H and O–H groups in total. The maximum Gasteiger partial charge on any atom is 0.348 e. The van der Waals surface area contributed by atoms with E-state index in [0.29, 0.717) is 30.6 Å². The van der Waals surface area contributed by atoms with Crippen molar-refractivity contribution in [3.63, 3.8) is 0 Å². The van der Waals surface area contributed by atoms with Gasteiger partial charge in [-0.3, -0.25) is 0 Å². The molecular weight excluding hydrogens is 258 g/mol. The van der Waals surface area contributed by atoms with E-state index in [1.54, 1.807) is 6.07 Å². The van der Waals surface area contributed by atoms with Crippen molar-refractivity contribution in [2.75, 3.05) is 31.0 Å². The Morgan fingerprint density at radius 2 is 2.39 bits per heavy atom. The lowest BCUT2D eigenvalue weighted by Crippen LogP contribution is -2.11. The molecule has 0 saturated heterocycles. The van der Waals surface area contributed by atoms with E-state index in [1.165, 1.54) is 10.7 Å². The van der Waals surface area contributed by atoms with Crippen LogP contribution in [0.4, 0.5) is 5.82 Å². The molecule has 98 valence electrons. The standard InChI is InChI=1S/C10H14ClN5O2/c11-2-5-18-4-1-3-12-8-6-9-14-15-10(17)16(9)7-13-8/h6-7,12H,1-5H2,(H,15,17). The predicted octanol–water partition coefficient (Wildman–Crippen LogP) is 0.475. The molecule has 8 heteroatoms. The zero-order valence-corrected chi connectivity index (χ0v) is 10.5. The number of fused-ring (bicyclic) bond motifs is 1. The Bertz CT molecular complexity index is 552. The van der Waals surface area contributed by atoms with Crippen molar-refractivity contribution in [2.45, 2.75) is 6.42 Å². The van der Waals surface area contributed by atoms with Crippen molar-refractivity contribution in [2.24, 2.45) is 0 Å². The molecule has 0 saturated carbocycles. The lowest BCUT2D eigenvalue weighted by atomic mass is 10.4. The molecule has 0 atom stereocenters. The SMILES string of the molecule is O=c1[nH]nc2cc(NCCCOCCCl)ncn12. The van der Waals surface area contributed by atoms with Crippen molar-refractivity contribution in [3.8, 4) is 0 Å². The first kappa shape index (κ1) is 12.8. The average Bonchev–Trinajstić information content (AvgIpc) is 2.75. The number of ether oxygens (including phenoxy) is 1. The van der Waals surface area contributed by atoms with Crippen LogP contribution in [0, 0.1) is 0 Å². The van der Waals surface area contributed by atoms with Crippen LogP contribution in [-0.2, 0) is 4.74 Å². The summed E-state index contributed by atoms with van der Waals surface area (Å²) in [6.07, 6.45) is 2.30. The minimum absolute atomic E-state index is 0.293. The van der Waals surface area contributed by atoms with Crippen LogP contribution in [0.3, 0.4) is 0 Å². The first-order valence-corrected chi connectivity index (χ1v) is 6.15. The summed E-state index contributed by atoms with van der Waals surface area (Å²) in [6, 6.07) is 1.71. The summed E-state index contributed by atoms with van der Waals surface area (Å²) in [4.78, 5) is 15.3. The lowest BCUT2D eigenvalue weighted by molar-refractivity contribution is 0.149. The highest BCUT2D eigenvalue weighted by atomic mass is 35.5. The van der Waals surface area contributed by atoms with Crippen molar-refractivity contribution in [1.29, 1.82) is 0 Å². The van der Waals surface area contributed by atoms with Crippen LogP contribution in [0.1, 0.15) is 6.42 Å². The zero-order valence-electron chi connectivity index (χ0n) is 9.73. The molecule has 0 unspecified atom stereocenters. The van der Waals surface area contributed by atoms with Gasteiger partial charge in [-0.2, -0.15) is 5.10 Å². The van der Waals surface area contributed by atoms with Gasteiger partial charge in [-0.05, 0) is 6.42 Å². The second-order valence-electron chi connectivity index (χ2n) is 3.61. The molecule has 0 fully saturated rings. The smallest absolute Gasteiger partial charge is 0.348 e. The van der Waals surface area contributed by atoms with Crippen molar-refractivity contribution < 1.29 is 4.74 Å². The number of H-pyrrole nitrogens is 1. The van der Waals surface area contributed by atoms with Gasteiger partial charge in [-0.25, -0.2) is 19.3 Å². The van der Waals surface area contributed by atoms with E-state index in [1.807, 2.05) is 0 Å². The Labute approximate surface area is 108 Å². The van der Waals surface area contributed by atoms with E-state index >= 15 is 0 Å². The topological polar surface area (TPSA) is 84.3 Å². The monoisotopic (exact) mass is 271 g/mol. The molecule has 2 aromatic rings. The van der Waals surface area contributed by atoms with Gasteiger partial charge in [0.05, 0.1) is 6.61 Å². The molecule has 7 nitrogen and oxygen atoms in total. The van der Waals surface area contributed by atoms with Gasteiger partial charge in [-0.1, -0.05) is 0 Å². The van der Waals surface area contributed by atoms with Crippen molar-refractivity contribution >= 4 is 23.1 Å². The number of nitrogens with one attached hydrogen (secondary N) is 2. The Kier molecular flexibility index (Phi) is 4.54. The van der Waals surface area contributed by atoms with Gasteiger partial charge >= 0.3 is 5.69 Å². The van der Waals surface area contributed by atoms with Gasteiger partial charge in [0.2, 0.25) is 0 Å². The summed E-state index contributed by atoms with van der Waals surface area (Å²) in [6.45, 7) is 1.96. The van der Waals surface area contributed by atoms with Gasteiger partial charge in [0.15, 0.2) is 5.65 Å². The van der Waals surface area contributed by atoms with E-state index < -0.39 is 0 Å². The van der Waals surface area contributed by atoms with Gasteiger partial charge in [0.25, 0.3) is 0 Å². The number of nitrogens with zero attached hydrogens (tertiary/aromatic N) is 3. The largest absolute Gasteiger partial charge is 0.380 e. The summed E-state index contributed by atoms with van der Waals surface area (Å²) in [7, 11) is 0. The third-order valence-electron chi connectivity index (χ3n) is 2.30. The summed E-state index contributed by atoms with van der Waals surface area (Å²) in [5.41, 5.74) is 0.245. The third-order valence-corrected chi connectivity index (χ3v) is 2.46. The summed E-state index contributed by atoms with van der Waals surface area (Å²) < 4.78 is 6.58. The fourth-order valence-electron chi connectivity index (χ4n) is 1.45. The molecule has 2 aromatic heterocycles. The predicted molar refractivity (Wildman–Crippen MR) is 68.3 cm³/mol. The Morgan fingerprint density at radius 1 is 1.50 bits per heavy atom. The first-order chi connectivity index (χ1) is 8.81. The number of hydrogen-bond acceptors (Lipinski definition) is 5. The van der Waals surface area contributed by atoms with Crippen LogP contribution in [0.2, 0.25) is 0 Å². The number of hydrogen-bond donors (Lipinski definition) is 2. The first-order valence-electron chi connectivity index (χ1n) is 5.61. The minimum atomic E-state index is -0.293. The Hall–Kier alpha value is -1.60. The van der Waals surface area contributed by atoms with E-state index in [2.05, 4.69) is 20.5 Å². The van der Waals surface area contributed by atoms with E-state index in [0.717, 1.165) is 13.0 Å². The van der Waals surface area contributed by atoms with E-state index in [4.69, 9.17) is 16.3 Å². The van der Waals surface area contributed by atoms with Crippen LogP contribution in [-0.4, -0.2) is 45.2 Å². The van der Waals surface area contributed by atoms with Crippen LogP contribution in [0.5, 0.6) is 0 Å². The molecule has 2 rings (SSSR count). The van der Waals surface area contributed by atoms with Crippen LogP contribution in [0.15, 0.2) is 17.2 Å². The minimum Gasteiger partial charge on any atom is -0.380 e. The number of halogens is 1. The summed E-state index contributed by atoms with van der Waals surface area (Å²) in [5.74, 6) is 1.19. The molecule has 0 aliphatic heterocycles. The molecule has 0 aliphatic carbocycles. The highest BCUT2D eigenvalue weighted by molar-refractivity contribution is 6.17. The summed E-state index contributed by atoms with van der Waals surface area (Å²) >= 11 is 5.48. The fourth-order valence-corrected chi connectivity index (χ4v) is 1.56. The second kappa shape index (κ2) is 6.36. The van der Waals surface area contributed by atoms with Crippen molar-refractivity contribution in [3.05, 3.63) is 22.9 Å². The quantitative estimate of drug-likeness (QED) is 0.565. The molecule has 0 radical (unpaired) electrons. The molecule has 18 heavy (non-hydrogen) atoms. The maximum absolute atomic E-state index is 11.2. The Balaban J connectivity index is 1.83. The van der Waals surface area contributed by atoms with Gasteiger partial charge in [0, 0.05) is 25.1 Å². The van der Waals surface area contributed by atoms with E-state index in [-0.39, 0.29) is 5.69 Å². The number of anilines is 1. The molecule has 0 aliphatic rings.